The fourth-order valence-electron chi connectivity index (χ4n) is 1.35. The second kappa shape index (κ2) is 7.12. The van der Waals surface area contributed by atoms with Gasteiger partial charge in [0.25, 0.3) is 0 Å². The van der Waals surface area contributed by atoms with Gasteiger partial charge in [-0.1, -0.05) is 0 Å². The van der Waals surface area contributed by atoms with Gasteiger partial charge >= 0.3 is 23.9 Å². The first-order chi connectivity index (χ1) is 9.50. The Bertz CT molecular complexity index is 487. The van der Waals surface area contributed by atoms with Crippen LogP contribution in [-0.4, -0.2) is 56.4 Å². The minimum Gasteiger partial charge on any atom is -0.481 e. The molecule has 0 spiro atoms. The van der Waals surface area contributed by atoms with Crippen LogP contribution in [0, 0.1) is 0 Å². The zero-order valence-electron chi connectivity index (χ0n) is 10.8. The van der Waals surface area contributed by atoms with Gasteiger partial charge in [0.15, 0.2) is 0 Å². The van der Waals surface area contributed by atoms with E-state index in [1.807, 2.05) is 0 Å². The molecule has 0 radical (unpaired) electrons. The number of ether oxygens (including phenoxy) is 1. The van der Waals surface area contributed by atoms with E-state index in [4.69, 9.17) is 15.3 Å². The predicted molar refractivity (Wildman–Crippen MR) is 61.3 cm³/mol. The molecule has 0 aliphatic rings. The summed E-state index contributed by atoms with van der Waals surface area (Å²) in [6, 6.07) is 0. The van der Waals surface area contributed by atoms with E-state index in [-0.39, 0.29) is 0 Å². The Labute approximate surface area is 117 Å². The lowest BCUT2D eigenvalue weighted by atomic mass is 9.95. The van der Waals surface area contributed by atoms with E-state index in [0.717, 1.165) is 6.92 Å². The van der Waals surface area contributed by atoms with Crippen molar-refractivity contribution in [2.75, 3.05) is 0 Å². The average molecular weight is 304 g/mol. The van der Waals surface area contributed by atoms with Gasteiger partial charge in [-0.05, 0) is 6.92 Å². The summed E-state index contributed by atoms with van der Waals surface area (Å²) in [5.41, 5.74) is -2.93. The van der Waals surface area contributed by atoms with E-state index in [0.29, 0.717) is 0 Å². The Balaban J connectivity index is 5.38. The van der Waals surface area contributed by atoms with Crippen LogP contribution < -0.4 is 0 Å². The maximum atomic E-state index is 11.4. The Kier molecular flexibility index (Phi) is 6.18. The van der Waals surface area contributed by atoms with Gasteiger partial charge in [-0.25, -0.2) is 9.59 Å². The van der Waals surface area contributed by atoms with Crippen molar-refractivity contribution in [2.24, 2.45) is 0 Å². The van der Waals surface area contributed by atoms with Gasteiger partial charge in [0.05, 0.1) is 19.3 Å². The summed E-state index contributed by atoms with van der Waals surface area (Å²) >= 11 is 0. The lowest BCUT2D eigenvalue weighted by Crippen LogP contribution is -2.48. The normalized spacial score (nSPS) is 10.5. The summed E-state index contributed by atoms with van der Waals surface area (Å²) in [4.78, 5) is 65.7. The molecule has 3 N–H and O–H groups in total. The fraction of sp³-hybridized carbons (Fsp3) is 0.455. The van der Waals surface area contributed by atoms with Crippen molar-refractivity contribution in [1.82, 2.24) is 0 Å². The standard InChI is InChI=1S/C11H12O10/c1-5(12)2-6(13)9(18)21-11(10(19)20,3-7(14)15)4-8(16)17/h2-4H2,1H3,(H,14,15)(H,16,17)(H,19,20). The van der Waals surface area contributed by atoms with Crippen LogP contribution in [0.2, 0.25) is 0 Å². The van der Waals surface area contributed by atoms with Gasteiger partial charge < -0.3 is 20.1 Å². The Morgan fingerprint density at radius 1 is 0.905 bits per heavy atom. The van der Waals surface area contributed by atoms with E-state index in [2.05, 4.69) is 4.74 Å². The molecule has 0 bridgehead atoms. The second-order valence-corrected chi connectivity index (χ2v) is 4.13. The zero-order chi connectivity index (χ0) is 16.8. The number of Topliss-reactive ketones (excluding diaryl/α,β-unsaturated/α-hetero) is 2. The van der Waals surface area contributed by atoms with E-state index in [1.165, 1.54) is 0 Å². The van der Waals surface area contributed by atoms with Crippen molar-refractivity contribution < 1.29 is 48.8 Å². The molecule has 0 atom stereocenters. The van der Waals surface area contributed by atoms with Crippen molar-refractivity contribution >= 4 is 35.4 Å². The number of esters is 1. The maximum absolute atomic E-state index is 11.4. The molecule has 0 aliphatic heterocycles. The number of carbonyl (C=O) groups excluding carboxylic acids is 3. The van der Waals surface area contributed by atoms with Crippen molar-refractivity contribution in [3.05, 3.63) is 0 Å². The molecule has 0 saturated heterocycles. The van der Waals surface area contributed by atoms with Crippen LogP contribution in [0.5, 0.6) is 0 Å². The summed E-state index contributed by atoms with van der Waals surface area (Å²) < 4.78 is 4.28. The molecule has 0 aliphatic carbocycles. The first-order valence-corrected chi connectivity index (χ1v) is 5.43. The number of aliphatic carboxylic acids is 3. The summed E-state index contributed by atoms with van der Waals surface area (Å²) in [5, 5.41) is 26.2. The molecule has 10 nitrogen and oxygen atoms in total. The number of hydrogen-bond donors (Lipinski definition) is 3. The van der Waals surface area contributed by atoms with E-state index >= 15 is 0 Å². The van der Waals surface area contributed by atoms with E-state index < -0.39 is 60.3 Å². The third kappa shape index (κ3) is 5.80. The minimum atomic E-state index is -2.93. The Hall–Kier alpha value is -2.78. The zero-order valence-corrected chi connectivity index (χ0v) is 10.8. The highest BCUT2D eigenvalue weighted by atomic mass is 16.6. The molecule has 10 heteroatoms. The summed E-state index contributed by atoms with van der Waals surface area (Å²) in [6.07, 6.45) is -3.57. The highest BCUT2D eigenvalue weighted by Gasteiger charge is 2.48. The number of hydrogen-bond acceptors (Lipinski definition) is 7. The monoisotopic (exact) mass is 304 g/mol. The first-order valence-electron chi connectivity index (χ1n) is 5.43. The fourth-order valence-corrected chi connectivity index (χ4v) is 1.35. The molecule has 0 aromatic carbocycles. The van der Waals surface area contributed by atoms with Gasteiger partial charge in [0.1, 0.15) is 5.78 Å². The average Bonchev–Trinajstić information content (AvgIpc) is 2.25. The van der Waals surface area contributed by atoms with E-state index in [9.17, 15) is 28.8 Å². The molecule has 0 fully saturated rings. The Morgan fingerprint density at radius 3 is 1.62 bits per heavy atom. The van der Waals surface area contributed by atoms with Crippen molar-refractivity contribution in [2.45, 2.75) is 31.8 Å². The molecule has 0 amide bonds. The first kappa shape index (κ1) is 18.2. The van der Waals surface area contributed by atoms with Crippen LogP contribution in [0.3, 0.4) is 0 Å². The highest BCUT2D eigenvalue weighted by molar-refractivity contribution is 6.37. The van der Waals surface area contributed by atoms with Crippen molar-refractivity contribution in [3.63, 3.8) is 0 Å². The smallest absolute Gasteiger partial charge is 0.376 e. The summed E-state index contributed by atoms with van der Waals surface area (Å²) in [5.74, 6) is -9.40. The maximum Gasteiger partial charge on any atom is 0.376 e. The predicted octanol–water partition coefficient (Wildman–Crippen LogP) is -1.15. The van der Waals surface area contributed by atoms with Crippen LogP contribution in [-0.2, 0) is 33.5 Å². The number of carboxylic acids is 3. The SMILES string of the molecule is CC(=O)CC(=O)C(=O)OC(CC(=O)O)(CC(=O)O)C(=O)O. The molecule has 0 saturated carbocycles. The van der Waals surface area contributed by atoms with Crippen LogP contribution in [0.1, 0.15) is 26.2 Å². The second-order valence-electron chi connectivity index (χ2n) is 4.13. The van der Waals surface area contributed by atoms with E-state index in [1.54, 1.807) is 0 Å². The lowest BCUT2D eigenvalue weighted by Gasteiger charge is -2.25. The largest absolute Gasteiger partial charge is 0.481 e. The van der Waals surface area contributed by atoms with Gasteiger partial charge in [0.2, 0.25) is 11.4 Å². The molecule has 21 heavy (non-hydrogen) atoms. The molecular formula is C11H12O10. The molecule has 0 aromatic rings. The number of carboxylic acid groups (broad SMARTS) is 3. The molecule has 0 unspecified atom stereocenters. The van der Waals surface area contributed by atoms with Gasteiger partial charge in [-0.2, -0.15) is 0 Å². The Morgan fingerprint density at radius 2 is 1.33 bits per heavy atom. The quantitative estimate of drug-likeness (QED) is 0.268. The summed E-state index contributed by atoms with van der Waals surface area (Å²) in [6.45, 7) is 0.990. The summed E-state index contributed by atoms with van der Waals surface area (Å²) in [7, 11) is 0. The number of ketones is 2. The van der Waals surface area contributed by atoms with Crippen LogP contribution in [0.4, 0.5) is 0 Å². The highest BCUT2D eigenvalue weighted by Crippen LogP contribution is 2.22. The molecule has 0 aromatic heterocycles. The van der Waals surface area contributed by atoms with Gasteiger partial charge in [-0.15, -0.1) is 0 Å². The molecule has 0 heterocycles. The third-order valence-corrected chi connectivity index (χ3v) is 2.19. The minimum absolute atomic E-state index is 0.700. The van der Waals surface area contributed by atoms with Crippen LogP contribution in [0.15, 0.2) is 0 Å². The number of carbonyl (C=O) groups is 6. The topological polar surface area (TPSA) is 172 Å². The van der Waals surface area contributed by atoms with Gasteiger partial charge in [0, 0.05) is 0 Å². The van der Waals surface area contributed by atoms with Gasteiger partial charge in [-0.3, -0.25) is 19.2 Å². The van der Waals surface area contributed by atoms with Crippen LogP contribution >= 0.6 is 0 Å². The lowest BCUT2D eigenvalue weighted by molar-refractivity contribution is -0.187. The third-order valence-electron chi connectivity index (χ3n) is 2.19. The molecule has 0 rings (SSSR count). The molecular weight excluding hydrogens is 292 g/mol. The van der Waals surface area contributed by atoms with Crippen molar-refractivity contribution in [1.29, 1.82) is 0 Å². The van der Waals surface area contributed by atoms with Crippen molar-refractivity contribution in [3.8, 4) is 0 Å². The van der Waals surface area contributed by atoms with Crippen LogP contribution in [0.25, 0.3) is 0 Å². The number of rotatable bonds is 9. The molecule has 116 valence electrons.